The highest BCUT2D eigenvalue weighted by molar-refractivity contribution is 7.89. The molecule has 5 nitrogen and oxygen atoms in total. The number of halogens is 1. The molecular formula is C25H31ClN2O3S2. The Labute approximate surface area is 207 Å². The second-order valence-electron chi connectivity index (χ2n) is 9.15. The molecular weight excluding hydrogens is 476 g/mol. The molecule has 1 N–H and O–H groups in total. The van der Waals surface area contributed by atoms with E-state index in [1.54, 1.807) is 24.3 Å². The molecule has 8 heteroatoms. The number of thiocarbonyl (C=S) groups is 1. The van der Waals surface area contributed by atoms with Crippen LogP contribution in [0.3, 0.4) is 0 Å². The maximum Gasteiger partial charge on any atom is 0.240 e. The van der Waals surface area contributed by atoms with Crippen LogP contribution in [0.1, 0.15) is 36.8 Å². The van der Waals surface area contributed by atoms with Crippen molar-refractivity contribution in [2.75, 3.05) is 32.8 Å². The SMILES string of the molecule is O=S(=O)(NCC1(Cc2ccc(CC(=S)N3CCOCC3)cc2)CCCC1)c1ccc(Cl)cc1. The van der Waals surface area contributed by atoms with Gasteiger partial charge in [-0.15, -0.1) is 0 Å². The molecule has 0 radical (unpaired) electrons. The quantitative estimate of drug-likeness (QED) is 0.529. The summed E-state index contributed by atoms with van der Waals surface area (Å²) in [5.74, 6) is 0. The van der Waals surface area contributed by atoms with Crippen LogP contribution in [0, 0.1) is 5.41 Å². The van der Waals surface area contributed by atoms with E-state index in [-0.39, 0.29) is 10.3 Å². The Morgan fingerprint density at radius 3 is 2.24 bits per heavy atom. The van der Waals surface area contributed by atoms with E-state index >= 15 is 0 Å². The number of sulfonamides is 1. The summed E-state index contributed by atoms with van der Waals surface area (Å²) in [6.07, 6.45) is 5.95. The van der Waals surface area contributed by atoms with E-state index in [1.165, 1.54) is 11.1 Å². The Morgan fingerprint density at radius 1 is 1.00 bits per heavy atom. The first-order valence-electron chi connectivity index (χ1n) is 11.5. The minimum absolute atomic E-state index is 0.0515. The molecule has 178 valence electrons. The van der Waals surface area contributed by atoms with Gasteiger partial charge in [0.15, 0.2) is 0 Å². The second-order valence-corrected chi connectivity index (χ2v) is 11.8. The lowest BCUT2D eigenvalue weighted by Crippen LogP contribution is -2.40. The van der Waals surface area contributed by atoms with E-state index in [2.05, 4.69) is 33.9 Å². The van der Waals surface area contributed by atoms with Crippen molar-refractivity contribution in [3.8, 4) is 0 Å². The number of morpholine rings is 1. The van der Waals surface area contributed by atoms with Gasteiger partial charge < -0.3 is 9.64 Å². The van der Waals surface area contributed by atoms with Gasteiger partial charge in [0, 0.05) is 31.1 Å². The van der Waals surface area contributed by atoms with Crippen LogP contribution in [0.15, 0.2) is 53.4 Å². The lowest BCUT2D eigenvalue weighted by atomic mass is 9.80. The summed E-state index contributed by atoms with van der Waals surface area (Å²) in [4.78, 5) is 3.45. The maximum atomic E-state index is 12.8. The molecule has 2 aliphatic rings. The lowest BCUT2D eigenvalue weighted by Gasteiger charge is -2.30. The molecule has 2 aromatic rings. The number of nitrogens with zero attached hydrogens (tertiary/aromatic N) is 1. The van der Waals surface area contributed by atoms with Crippen LogP contribution in [0.5, 0.6) is 0 Å². The highest BCUT2D eigenvalue weighted by Gasteiger charge is 2.35. The largest absolute Gasteiger partial charge is 0.378 e. The molecule has 0 bridgehead atoms. The molecule has 0 amide bonds. The van der Waals surface area contributed by atoms with Crippen molar-refractivity contribution >= 4 is 38.8 Å². The Kier molecular flexibility index (Phi) is 8.07. The van der Waals surface area contributed by atoms with Crippen LogP contribution in [0.4, 0.5) is 0 Å². The smallest absolute Gasteiger partial charge is 0.240 e. The molecule has 0 atom stereocenters. The summed E-state index contributed by atoms with van der Waals surface area (Å²) in [6, 6.07) is 15.0. The Balaban J connectivity index is 1.38. The summed E-state index contributed by atoms with van der Waals surface area (Å²) >= 11 is 11.5. The number of ether oxygens (including phenoxy) is 1. The number of benzene rings is 2. The molecule has 1 saturated heterocycles. The monoisotopic (exact) mass is 506 g/mol. The molecule has 2 aromatic carbocycles. The van der Waals surface area contributed by atoms with Crippen molar-refractivity contribution in [1.82, 2.24) is 9.62 Å². The second kappa shape index (κ2) is 10.8. The van der Waals surface area contributed by atoms with E-state index in [4.69, 9.17) is 28.6 Å². The number of nitrogens with one attached hydrogen (secondary N) is 1. The van der Waals surface area contributed by atoms with Gasteiger partial charge in [-0.3, -0.25) is 0 Å². The van der Waals surface area contributed by atoms with Crippen molar-refractivity contribution in [2.24, 2.45) is 5.41 Å². The van der Waals surface area contributed by atoms with Gasteiger partial charge in [-0.05, 0) is 60.1 Å². The van der Waals surface area contributed by atoms with Crippen molar-refractivity contribution < 1.29 is 13.2 Å². The predicted octanol–water partition coefficient (Wildman–Crippen LogP) is 4.62. The first-order valence-corrected chi connectivity index (χ1v) is 13.8. The Hall–Kier alpha value is -1.51. The number of hydrogen-bond donors (Lipinski definition) is 1. The highest BCUT2D eigenvalue weighted by atomic mass is 35.5. The molecule has 33 heavy (non-hydrogen) atoms. The van der Waals surface area contributed by atoms with Crippen molar-refractivity contribution in [2.45, 2.75) is 43.4 Å². The molecule has 4 rings (SSSR count). The molecule has 0 aromatic heterocycles. The minimum atomic E-state index is -3.56. The minimum Gasteiger partial charge on any atom is -0.378 e. The summed E-state index contributed by atoms with van der Waals surface area (Å²) in [7, 11) is -3.56. The molecule has 1 heterocycles. The van der Waals surface area contributed by atoms with Crippen molar-refractivity contribution in [3.05, 3.63) is 64.7 Å². The van der Waals surface area contributed by atoms with Crippen molar-refractivity contribution in [1.29, 1.82) is 0 Å². The van der Waals surface area contributed by atoms with Gasteiger partial charge in [-0.1, -0.05) is 60.9 Å². The first kappa shape index (κ1) is 24.6. The summed E-state index contributed by atoms with van der Waals surface area (Å²) in [6.45, 7) is 3.66. The van der Waals surface area contributed by atoms with Gasteiger partial charge >= 0.3 is 0 Å². The van der Waals surface area contributed by atoms with Crippen LogP contribution in [-0.2, 0) is 27.6 Å². The summed E-state index contributed by atoms with van der Waals surface area (Å²) in [5.41, 5.74) is 2.40. The molecule has 1 saturated carbocycles. The van der Waals surface area contributed by atoms with Gasteiger partial charge in [-0.25, -0.2) is 13.1 Å². The van der Waals surface area contributed by atoms with Crippen LogP contribution in [0.2, 0.25) is 5.02 Å². The Morgan fingerprint density at radius 2 is 1.61 bits per heavy atom. The number of hydrogen-bond acceptors (Lipinski definition) is 4. The zero-order valence-corrected chi connectivity index (χ0v) is 21.2. The average molecular weight is 507 g/mol. The van der Waals surface area contributed by atoms with Gasteiger partial charge in [-0.2, -0.15) is 0 Å². The highest BCUT2D eigenvalue weighted by Crippen LogP contribution is 2.41. The fraction of sp³-hybridized carbons (Fsp3) is 0.480. The number of rotatable bonds is 8. The van der Waals surface area contributed by atoms with Crippen LogP contribution in [0.25, 0.3) is 0 Å². The molecule has 1 aliphatic carbocycles. The zero-order chi connectivity index (χ0) is 23.3. The first-order chi connectivity index (χ1) is 15.9. The zero-order valence-electron chi connectivity index (χ0n) is 18.8. The maximum absolute atomic E-state index is 12.8. The molecule has 2 fully saturated rings. The van der Waals surface area contributed by atoms with E-state index < -0.39 is 10.0 Å². The van der Waals surface area contributed by atoms with Gasteiger partial charge in [0.05, 0.1) is 23.1 Å². The Bertz CT molecular complexity index is 1040. The lowest BCUT2D eigenvalue weighted by molar-refractivity contribution is 0.0684. The third-order valence-electron chi connectivity index (χ3n) is 6.75. The van der Waals surface area contributed by atoms with E-state index in [0.717, 1.165) is 69.8 Å². The normalized spacial score (nSPS) is 18.4. The van der Waals surface area contributed by atoms with Gasteiger partial charge in [0.25, 0.3) is 0 Å². The molecule has 0 unspecified atom stereocenters. The van der Waals surface area contributed by atoms with E-state index in [9.17, 15) is 8.42 Å². The van der Waals surface area contributed by atoms with E-state index in [1.807, 2.05) is 0 Å². The summed E-state index contributed by atoms with van der Waals surface area (Å²) < 4.78 is 33.9. The van der Waals surface area contributed by atoms with Crippen LogP contribution < -0.4 is 4.72 Å². The van der Waals surface area contributed by atoms with E-state index in [0.29, 0.717) is 11.6 Å². The predicted molar refractivity (Wildman–Crippen MR) is 136 cm³/mol. The fourth-order valence-electron chi connectivity index (χ4n) is 4.79. The molecule has 0 spiro atoms. The standard InChI is InChI=1S/C25H31ClN2O3S2/c26-22-7-9-23(10-8-22)33(29,30)27-19-25(11-1-2-12-25)18-21-5-3-20(4-6-21)17-24(32)28-13-15-31-16-14-28/h3-10,27H,1-2,11-19H2. The van der Waals surface area contributed by atoms with Gasteiger partial charge in [0.2, 0.25) is 10.0 Å². The molecule has 1 aliphatic heterocycles. The summed E-state index contributed by atoms with van der Waals surface area (Å²) in [5, 5.41) is 0.523. The fourth-order valence-corrected chi connectivity index (χ4v) is 6.43. The third-order valence-corrected chi connectivity index (χ3v) is 8.82. The third kappa shape index (κ3) is 6.55. The average Bonchev–Trinajstić information content (AvgIpc) is 3.29. The van der Waals surface area contributed by atoms with Gasteiger partial charge in [0.1, 0.15) is 0 Å². The van der Waals surface area contributed by atoms with Crippen molar-refractivity contribution in [3.63, 3.8) is 0 Å². The van der Waals surface area contributed by atoms with Crippen LogP contribution >= 0.6 is 23.8 Å². The topological polar surface area (TPSA) is 58.6 Å². The van der Waals surface area contributed by atoms with Crippen LogP contribution in [-0.4, -0.2) is 51.2 Å².